The van der Waals surface area contributed by atoms with Gasteiger partial charge in [-0.3, -0.25) is 14.5 Å². The van der Waals surface area contributed by atoms with Crippen LogP contribution in [0, 0.1) is 12.7 Å². The molecule has 6 heteroatoms. The topological polar surface area (TPSA) is 46.6 Å². The zero-order chi connectivity index (χ0) is 20.7. The van der Waals surface area contributed by atoms with Gasteiger partial charge in [-0.25, -0.2) is 4.39 Å². The Bertz CT molecular complexity index is 1050. The fourth-order valence-corrected chi connectivity index (χ4v) is 4.44. The highest BCUT2D eigenvalue weighted by atomic mass is 35.5. The second kappa shape index (κ2) is 7.64. The summed E-state index contributed by atoms with van der Waals surface area (Å²) in [5.41, 5.74) is 2.94. The van der Waals surface area contributed by atoms with Gasteiger partial charge in [-0.2, -0.15) is 0 Å². The summed E-state index contributed by atoms with van der Waals surface area (Å²) in [6, 6.07) is 9.83. The standard InChI is InChI=1S/C23H21ClFNO3/c1-13-10-19(21(29-2)12-16(13)24)26-18-8-5-9-20(27)23(18)15(11-22(26)28)14-6-3-4-7-17(14)25/h3-4,6-7,10,12,15H,5,8-9,11H2,1-2H3. The van der Waals surface area contributed by atoms with Crippen LogP contribution in [0.25, 0.3) is 0 Å². The molecule has 0 radical (unpaired) electrons. The van der Waals surface area contributed by atoms with Gasteiger partial charge in [-0.1, -0.05) is 29.8 Å². The number of rotatable bonds is 3. The molecule has 0 fully saturated rings. The summed E-state index contributed by atoms with van der Waals surface area (Å²) in [6.45, 7) is 1.85. The summed E-state index contributed by atoms with van der Waals surface area (Å²) in [5.74, 6) is -0.720. The molecule has 0 saturated carbocycles. The number of carbonyl (C=O) groups is 2. The number of nitrogens with zero attached hydrogens (tertiary/aromatic N) is 1. The van der Waals surface area contributed by atoms with E-state index < -0.39 is 11.7 Å². The van der Waals surface area contributed by atoms with Crippen molar-refractivity contribution in [1.29, 1.82) is 0 Å². The van der Waals surface area contributed by atoms with Crippen LogP contribution in [0.5, 0.6) is 5.75 Å². The zero-order valence-corrected chi connectivity index (χ0v) is 17.1. The maximum absolute atomic E-state index is 14.5. The number of methoxy groups -OCH3 is 1. The first kappa shape index (κ1) is 19.6. The Balaban J connectivity index is 1.92. The first-order valence-electron chi connectivity index (χ1n) is 9.60. The van der Waals surface area contributed by atoms with Crippen LogP contribution < -0.4 is 9.64 Å². The predicted octanol–water partition coefficient (Wildman–Crippen LogP) is 5.32. The molecule has 1 unspecified atom stereocenters. The smallest absolute Gasteiger partial charge is 0.232 e. The molecule has 0 aromatic heterocycles. The molecule has 0 saturated heterocycles. The van der Waals surface area contributed by atoms with E-state index in [0.717, 1.165) is 5.56 Å². The number of ketones is 1. The molecule has 1 heterocycles. The molecule has 2 aromatic carbocycles. The van der Waals surface area contributed by atoms with Gasteiger partial charge in [0.2, 0.25) is 5.91 Å². The van der Waals surface area contributed by atoms with Gasteiger partial charge >= 0.3 is 0 Å². The number of hydrogen-bond donors (Lipinski definition) is 0. The molecule has 1 aliphatic carbocycles. The highest BCUT2D eigenvalue weighted by Gasteiger charge is 2.41. The summed E-state index contributed by atoms with van der Waals surface area (Å²) in [4.78, 5) is 27.8. The molecule has 2 aromatic rings. The second-order valence-electron chi connectivity index (χ2n) is 7.42. The fraction of sp³-hybridized carbons (Fsp3) is 0.304. The van der Waals surface area contributed by atoms with E-state index in [2.05, 4.69) is 0 Å². The van der Waals surface area contributed by atoms with Crippen molar-refractivity contribution in [2.24, 2.45) is 0 Å². The lowest BCUT2D eigenvalue weighted by atomic mass is 9.77. The molecule has 0 bridgehead atoms. The lowest BCUT2D eigenvalue weighted by molar-refractivity contribution is -0.120. The van der Waals surface area contributed by atoms with Crippen molar-refractivity contribution in [3.63, 3.8) is 0 Å². The van der Waals surface area contributed by atoms with E-state index in [-0.39, 0.29) is 18.1 Å². The summed E-state index contributed by atoms with van der Waals surface area (Å²) in [7, 11) is 1.52. The number of aryl methyl sites for hydroxylation is 1. The molecule has 4 nitrogen and oxygen atoms in total. The van der Waals surface area contributed by atoms with Gasteiger partial charge in [-0.15, -0.1) is 0 Å². The number of benzene rings is 2. The van der Waals surface area contributed by atoms with E-state index >= 15 is 0 Å². The van der Waals surface area contributed by atoms with Gasteiger partial charge in [0.25, 0.3) is 0 Å². The number of ether oxygens (including phenoxy) is 1. The molecule has 0 spiro atoms. The number of halogens is 2. The van der Waals surface area contributed by atoms with E-state index in [0.29, 0.717) is 52.6 Å². The summed E-state index contributed by atoms with van der Waals surface area (Å²) in [6.07, 6.45) is 1.65. The van der Waals surface area contributed by atoms with Crippen molar-refractivity contribution >= 4 is 29.0 Å². The average Bonchev–Trinajstić information content (AvgIpc) is 2.70. The third-order valence-corrected chi connectivity index (χ3v) is 6.06. The van der Waals surface area contributed by atoms with Gasteiger partial charge in [0.15, 0.2) is 5.78 Å². The molecule has 4 rings (SSSR count). The third kappa shape index (κ3) is 3.33. The van der Waals surface area contributed by atoms with Crippen molar-refractivity contribution in [2.75, 3.05) is 12.0 Å². The fourth-order valence-electron chi connectivity index (χ4n) is 4.28. The Hall–Kier alpha value is -2.66. The van der Waals surface area contributed by atoms with Crippen molar-refractivity contribution < 1.29 is 18.7 Å². The number of allylic oxidation sites excluding steroid dienone is 2. The molecule has 1 amide bonds. The van der Waals surface area contributed by atoms with Gasteiger partial charge in [0.05, 0.1) is 12.8 Å². The first-order valence-corrected chi connectivity index (χ1v) is 9.98. The van der Waals surface area contributed by atoms with Gasteiger partial charge in [-0.05, 0) is 43.0 Å². The Morgan fingerprint density at radius 3 is 2.66 bits per heavy atom. The van der Waals surface area contributed by atoms with Crippen LogP contribution in [-0.2, 0) is 9.59 Å². The number of carbonyl (C=O) groups excluding carboxylic acids is 2. The Morgan fingerprint density at radius 1 is 1.17 bits per heavy atom. The van der Waals surface area contributed by atoms with Crippen LogP contribution in [0.2, 0.25) is 5.02 Å². The van der Waals surface area contributed by atoms with Crippen LogP contribution in [0.1, 0.15) is 42.7 Å². The average molecular weight is 414 g/mol. The Kier molecular flexibility index (Phi) is 5.17. The molecule has 1 aliphatic heterocycles. The van der Waals surface area contributed by atoms with Crippen LogP contribution in [-0.4, -0.2) is 18.8 Å². The molecule has 1 atom stereocenters. The van der Waals surface area contributed by atoms with Crippen LogP contribution in [0.4, 0.5) is 10.1 Å². The summed E-state index contributed by atoms with van der Waals surface area (Å²) < 4.78 is 20.0. The normalized spacial score (nSPS) is 19.4. The summed E-state index contributed by atoms with van der Waals surface area (Å²) in [5, 5.41) is 0.535. The zero-order valence-electron chi connectivity index (χ0n) is 16.3. The maximum Gasteiger partial charge on any atom is 0.232 e. The summed E-state index contributed by atoms with van der Waals surface area (Å²) >= 11 is 6.23. The molecular weight excluding hydrogens is 393 g/mol. The maximum atomic E-state index is 14.5. The highest BCUT2D eigenvalue weighted by Crippen LogP contribution is 2.46. The van der Waals surface area contributed by atoms with Crippen molar-refractivity contribution in [1.82, 2.24) is 0 Å². The first-order chi connectivity index (χ1) is 13.9. The lowest BCUT2D eigenvalue weighted by Crippen LogP contribution is -2.41. The van der Waals surface area contributed by atoms with E-state index in [1.165, 1.54) is 13.2 Å². The third-order valence-electron chi connectivity index (χ3n) is 5.66. The van der Waals surface area contributed by atoms with Crippen molar-refractivity contribution in [3.05, 3.63) is 69.6 Å². The minimum Gasteiger partial charge on any atom is -0.495 e. The van der Waals surface area contributed by atoms with Crippen molar-refractivity contribution in [3.8, 4) is 5.75 Å². The Labute approximate surface area is 173 Å². The van der Waals surface area contributed by atoms with E-state index in [4.69, 9.17) is 16.3 Å². The second-order valence-corrected chi connectivity index (χ2v) is 7.82. The monoisotopic (exact) mass is 413 g/mol. The largest absolute Gasteiger partial charge is 0.495 e. The quantitative estimate of drug-likeness (QED) is 0.683. The minimum absolute atomic E-state index is 0.0241. The molecule has 0 N–H and O–H groups in total. The van der Waals surface area contributed by atoms with E-state index in [1.807, 2.05) is 6.92 Å². The van der Waals surface area contributed by atoms with Crippen LogP contribution in [0.3, 0.4) is 0 Å². The van der Waals surface area contributed by atoms with Gasteiger partial charge in [0, 0.05) is 41.1 Å². The molecular formula is C23H21ClFNO3. The lowest BCUT2D eigenvalue weighted by Gasteiger charge is -2.39. The molecule has 2 aliphatic rings. The number of amides is 1. The number of Topliss-reactive ketones (excluding diaryl/α,β-unsaturated/α-hetero) is 1. The van der Waals surface area contributed by atoms with Crippen LogP contribution >= 0.6 is 11.6 Å². The van der Waals surface area contributed by atoms with E-state index in [9.17, 15) is 14.0 Å². The highest BCUT2D eigenvalue weighted by molar-refractivity contribution is 6.31. The van der Waals surface area contributed by atoms with Crippen molar-refractivity contribution in [2.45, 2.75) is 38.5 Å². The molecule has 29 heavy (non-hydrogen) atoms. The SMILES string of the molecule is COc1cc(Cl)c(C)cc1N1C(=O)CC(c2ccccc2F)C2=C1CCCC2=O. The van der Waals surface area contributed by atoms with Crippen LogP contribution in [0.15, 0.2) is 47.7 Å². The predicted molar refractivity (Wildman–Crippen MR) is 110 cm³/mol. The molecule has 150 valence electrons. The Morgan fingerprint density at radius 2 is 1.93 bits per heavy atom. The van der Waals surface area contributed by atoms with E-state index in [1.54, 1.807) is 35.2 Å². The number of anilines is 1. The number of hydrogen-bond acceptors (Lipinski definition) is 3. The minimum atomic E-state index is -0.567. The van der Waals surface area contributed by atoms with Gasteiger partial charge in [0.1, 0.15) is 11.6 Å². The van der Waals surface area contributed by atoms with Gasteiger partial charge < -0.3 is 4.74 Å².